The summed E-state index contributed by atoms with van der Waals surface area (Å²) < 4.78 is 5.73. The Balaban J connectivity index is 1.43. The van der Waals surface area contributed by atoms with Crippen LogP contribution in [0, 0.1) is 5.41 Å². The topological polar surface area (TPSA) is 151 Å². The van der Waals surface area contributed by atoms with Gasteiger partial charge in [0.15, 0.2) is 24.6 Å². The van der Waals surface area contributed by atoms with Crippen molar-refractivity contribution in [2.75, 3.05) is 26.3 Å². The zero-order valence-electron chi connectivity index (χ0n) is 16.6. The summed E-state index contributed by atoms with van der Waals surface area (Å²) in [7, 11) is 0. The molecule has 0 bridgehead atoms. The van der Waals surface area contributed by atoms with Crippen LogP contribution in [0.1, 0.15) is 17.5 Å². The lowest BCUT2D eigenvalue weighted by atomic mass is 10.1. The van der Waals surface area contributed by atoms with Gasteiger partial charge in [-0.1, -0.05) is 23.0 Å². The maximum Gasteiger partial charge on any atom is 0.191 e. The van der Waals surface area contributed by atoms with Crippen molar-refractivity contribution in [3.63, 3.8) is 0 Å². The second kappa shape index (κ2) is 10.9. The van der Waals surface area contributed by atoms with E-state index in [1.54, 1.807) is 5.41 Å². The smallest absolute Gasteiger partial charge is 0.191 e. The number of benzene rings is 1. The molecule has 162 valence electrons. The van der Waals surface area contributed by atoms with Gasteiger partial charge in [0.2, 0.25) is 0 Å². The van der Waals surface area contributed by atoms with Gasteiger partial charge in [0.1, 0.15) is 17.9 Å². The minimum absolute atomic E-state index is 0.163. The van der Waals surface area contributed by atoms with Crippen molar-refractivity contribution in [3.8, 4) is 5.75 Å². The van der Waals surface area contributed by atoms with Crippen LogP contribution in [-0.2, 0) is 22.7 Å². The first-order valence-corrected chi connectivity index (χ1v) is 10.6. The summed E-state index contributed by atoms with van der Waals surface area (Å²) in [6.07, 6.45) is 1.45. The predicted octanol–water partition coefficient (Wildman–Crippen LogP) is 0.246. The molecule has 1 aromatic carbocycles. The van der Waals surface area contributed by atoms with Gasteiger partial charge in [-0.15, -0.1) is 0 Å². The number of hydrogen-bond acceptors (Lipinski definition) is 9. The highest BCUT2D eigenvalue weighted by atomic mass is 32.2. The molecule has 0 aliphatic carbocycles. The summed E-state index contributed by atoms with van der Waals surface area (Å²) in [6.45, 7) is 3.14. The number of hydrogen-bond donors (Lipinski definition) is 5. The van der Waals surface area contributed by atoms with Crippen LogP contribution < -0.4 is 26.8 Å². The second-order valence-electron chi connectivity index (χ2n) is 6.71. The van der Waals surface area contributed by atoms with Crippen molar-refractivity contribution in [1.82, 2.24) is 15.5 Å². The molecular formula is C19H27N7O3S. The molecule has 0 saturated carbocycles. The molecule has 0 aromatic heterocycles. The molecule has 1 unspecified atom stereocenters. The summed E-state index contributed by atoms with van der Waals surface area (Å²) in [6, 6.07) is 5.90. The van der Waals surface area contributed by atoms with Gasteiger partial charge in [0.25, 0.3) is 0 Å². The van der Waals surface area contributed by atoms with E-state index < -0.39 is 0 Å². The van der Waals surface area contributed by atoms with Crippen LogP contribution in [0.2, 0.25) is 0 Å². The van der Waals surface area contributed by atoms with Gasteiger partial charge in [0, 0.05) is 19.6 Å². The Morgan fingerprint density at radius 3 is 2.97 bits per heavy atom. The third kappa shape index (κ3) is 5.88. The fourth-order valence-corrected chi connectivity index (χ4v) is 3.65. The van der Waals surface area contributed by atoms with E-state index in [9.17, 15) is 4.79 Å². The average molecular weight is 434 g/mol. The fraction of sp³-hybridized carbons (Fsp3) is 0.421. The van der Waals surface area contributed by atoms with Crippen molar-refractivity contribution >= 4 is 29.7 Å². The van der Waals surface area contributed by atoms with Gasteiger partial charge in [-0.05, 0) is 41.6 Å². The van der Waals surface area contributed by atoms with Crippen molar-refractivity contribution in [2.24, 2.45) is 16.6 Å². The molecule has 0 fully saturated rings. The highest BCUT2D eigenvalue weighted by Crippen LogP contribution is 2.26. The molecule has 1 aromatic rings. The van der Waals surface area contributed by atoms with Gasteiger partial charge in [-0.2, -0.15) is 0 Å². The monoisotopic (exact) mass is 433 g/mol. The van der Waals surface area contributed by atoms with Gasteiger partial charge < -0.3 is 36.6 Å². The van der Waals surface area contributed by atoms with E-state index in [4.69, 9.17) is 26.5 Å². The number of carbonyl (C=O) groups excluding carboxylic acids is 1. The lowest BCUT2D eigenvalue weighted by Gasteiger charge is -2.19. The summed E-state index contributed by atoms with van der Waals surface area (Å²) >= 11 is 1.37. The van der Waals surface area contributed by atoms with Crippen LogP contribution in [0.5, 0.6) is 5.75 Å². The summed E-state index contributed by atoms with van der Waals surface area (Å²) in [5, 5.41) is 19.7. The molecule has 1 atom stereocenters. The average Bonchev–Trinajstić information content (AvgIpc) is 3.36. The molecule has 11 heteroatoms. The molecular weight excluding hydrogens is 406 g/mol. The molecule has 2 aliphatic heterocycles. The number of aldehydes is 1. The highest BCUT2D eigenvalue weighted by Gasteiger charge is 2.21. The van der Waals surface area contributed by atoms with Crippen LogP contribution in [0.25, 0.3) is 0 Å². The van der Waals surface area contributed by atoms with Crippen LogP contribution in [0.15, 0.2) is 34.5 Å². The normalized spacial score (nSPS) is 17.8. The third-order valence-corrected chi connectivity index (χ3v) is 5.30. The van der Waals surface area contributed by atoms with E-state index in [0.717, 1.165) is 17.7 Å². The van der Waals surface area contributed by atoms with Crippen molar-refractivity contribution in [3.05, 3.63) is 40.4 Å². The molecule has 0 spiro atoms. The number of nitrogens with two attached hydrogens (primary N) is 2. The van der Waals surface area contributed by atoms with Crippen LogP contribution in [-0.4, -0.2) is 54.7 Å². The molecule has 2 heterocycles. The Bertz CT molecular complexity index is 830. The van der Waals surface area contributed by atoms with E-state index in [1.165, 1.54) is 17.3 Å². The Morgan fingerprint density at radius 2 is 2.23 bits per heavy atom. The van der Waals surface area contributed by atoms with Gasteiger partial charge in [0.05, 0.1) is 5.70 Å². The SMILES string of the molecule is N=C(NCCCN)N1Cc2ccc(OCCO/N=C(\C=O)C3=CSC(N)N3)cc2C1. The first-order chi connectivity index (χ1) is 14.6. The van der Waals surface area contributed by atoms with E-state index >= 15 is 0 Å². The number of guanidine groups is 1. The number of fused-ring (bicyclic) bond motifs is 1. The third-order valence-electron chi connectivity index (χ3n) is 4.51. The molecule has 2 aliphatic rings. The number of rotatable bonds is 10. The van der Waals surface area contributed by atoms with E-state index in [1.807, 2.05) is 23.1 Å². The largest absolute Gasteiger partial charge is 0.490 e. The number of nitrogens with one attached hydrogen (secondary N) is 3. The highest BCUT2D eigenvalue weighted by molar-refractivity contribution is 8.02. The minimum atomic E-state index is -0.283. The lowest BCUT2D eigenvalue weighted by molar-refractivity contribution is -0.102. The summed E-state index contributed by atoms with van der Waals surface area (Å²) in [5.41, 5.74) is 13.9. The molecule has 0 saturated heterocycles. The Kier molecular flexibility index (Phi) is 7.94. The molecule has 30 heavy (non-hydrogen) atoms. The van der Waals surface area contributed by atoms with Gasteiger partial charge >= 0.3 is 0 Å². The zero-order valence-corrected chi connectivity index (χ0v) is 17.4. The minimum Gasteiger partial charge on any atom is -0.490 e. The van der Waals surface area contributed by atoms with Crippen LogP contribution >= 0.6 is 11.8 Å². The number of ether oxygens (including phenoxy) is 1. The lowest BCUT2D eigenvalue weighted by Crippen LogP contribution is -2.38. The quantitative estimate of drug-likeness (QED) is 0.115. The first kappa shape index (κ1) is 21.9. The molecule has 0 amide bonds. The van der Waals surface area contributed by atoms with Gasteiger partial charge in [-0.25, -0.2) is 0 Å². The number of carbonyl (C=O) groups is 1. The number of allylic oxidation sites excluding steroid dienone is 1. The van der Waals surface area contributed by atoms with Crippen LogP contribution in [0.3, 0.4) is 0 Å². The number of nitrogens with zero attached hydrogens (tertiary/aromatic N) is 2. The maximum atomic E-state index is 11.1. The predicted molar refractivity (Wildman–Crippen MR) is 117 cm³/mol. The van der Waals surface area contributed by atoms with E-state index in [-0.39, 0.29) is 24.4 Å². The first-order valence-electron chi connectivity index (χ1n) is 9.66. The second-order valence-corrected chi connectivity index (χ2v) is 7.73. The molecule has 7 N–H and O–H groups in total. The number of thioether (sulfide) groups is 1. The zero-order chi connectivity index (χ0) is 21.3. The summed E-state index contributed by atoms with van der Waals surface area (Å²) in [5.74, 6) is 1.13. The van der Waals surface area contributed by atoms with Crippen molar-refractivity contribution in [2.45, 2.75) is 25.0 Å². The Morgan fingerprint density at radius 1 is 1.40 bits per heavy atom. The molecule has 10 nitrogen and oxygen atoms in total. The maximum absolute atomic E-state index is 11.1. The number of oxime groups is 1. The van der Waals surface area contributed by atoms with Crippen molar-refractivity contribution in [1.29, 1.82) is 5.41 Å². The molecule has 3 rings (SSSR count). The van der Waals surface area contributed by atoms with Crippen molar-refractivity contribution < 1.29 is 14.4 Å². The van der Waals surface area contributed by atoms with Gasteiger partial charge in [-0.3, -0.25) is 10.2 Å². The summed E-state index contributed by atoms with van der Waals surface area (Å²) in [4.78, 5) is 18.3. The standard InChI is InChI=1S/C19H27N7O3S/c20-4-1-5-23-18(21)26-9-13-2-3-15(8-14(13)10-26)28-6-7-29-25-16(11-27)17-12-30-19(22)24-17/h2-3,8,11-12,19,24H,1,4-7,9-10,20,22H2,(H2,21,23)/b25-16+. The fourth-order valence-electron chi connectivity index (χ4n) is 2.98. The Labute approximate surface area is 179 Å². The van der Waals surface area contributed by atoms with E-state index in [0.29, 0.717) is 44.1 Å². The molecule has 0 radical (unpaired) electrons. The van der Waals surface area contributed by atoms with Crippen LogP contribution in [0.4, 0.5) is 0 Å². The van der Waals surface area contributed by atoms with E-state index in [2.05, 4.69) is 15.8 Å². The Hall–Kier alpha value is -2.76.